The van der Waals surface area contributed by atoms with Crippen LogP contribution in [0.3, 0.4) is 0 Å². The van der Waals surface area contributed by atoms with E-state index in [0.29, 0.717) is 17.0 Å². The van der Waals surface area contributed by atoms with Crippen LogP contribution in [0.5, 0.6) is 17.2 Å². The van der Waals surface area contributed by atoms with E-state index >= 15 is 0 Å². The first-order valence-electron chi connectivity index (χ1n) is 7.59. The molecule has 0 saturated heterocycles. The number of hydrogen-bond acceptors (Lipinski definition) is 6. The number of aromatic nitrogens is 1. The minimum Gasteiger partial charge on any atom is -0.497 e. The van der Waals surface area contributed by atoms with Crippen molar-refractivity contribution < 1.29 is 22.6 Å². The highest BCUT2D eigenvalue weighted by molar-refractivity contribution is 7.91. The van der Waals surface area contributed by atoms with Crippen molar-refractivity contribution in [2.45, 2.75) is 9.79 Å². The van der Waals surface area contributed by atoms with Gasteiger partial charge in [0.25, 0.3) is 0 Å². The molecule has 26 heavy (non-hydrogen) atoms. The number of aromatic amines is 1. The fraction of sp³-hybridized carbons (Fsp3) is 0.167. The lowest BCUT2D eigenvalue weighted by atomic mass is 10.2. The normalized spacial score (nSPS) is 11.3. The van der Waals surface area contributed by atoms with Gasteiger partial charge in [0.15, 0.2) is 11.5 Å². The maximum absolute atomic E-state index is 13.0. The second-order valence-electron chi connectivity index (χ2n) is 5.41. The quantitative estimate of drug-likeness (QED) is 0.736. The Morgan fingerprint density at radius 2 is 1.62 bits per heavy atom. The maximum atomic E-state index is 13.0. The van der Waals surface area contributed by atoms with Gasteiger partial charge in [-0.25, -0.2) is 8.42 Å². The molecule has 0 atom stereocenters. The lowest BCUT2D eigenvalue weighted by Crippen LogP contribution is -2.16. The van der Waals surface area contributed by atoms with Crippen LogP contribution in [-0.4, -0.2) is 34.7 Å². The van der Waals surface area contributed by atoms with Crippen molar-refractivity contribution in [2.75, 3.05) is 21.3 Å². The molecule has 8 heteroatoms. The Kier molecular flexibility index (Phi) is 4.60. The Morgan fingerprint density at radius 1 is 0.885 bits per heavy atom. The van der Waals surface area contributed by atoms with Crippen LogP contribution in [0.1, 0.15) is 0 Å². The van der Waals surface area contributed by atoms with Crippen molar-refractivity contribution in [1.82, 2.24) is 4.98 Å². The van der Waals surface area contributed by atoms with Crippen LogP contribution in [-0.2, 0) is 9.84 Å². The van der Waals surface area contributed by atoms with Crippen molar-refractivity contribution in [3.63, 3.8) is 0 Å². The first-order chi connectivity index (χ1) is 12.4. The number of methoxy groups -OCH3 is 3. The lowest BCUT2D eigenvalue weighted by Gasteiger charge is -2.10. The summed E-state index contributed by atoms with van der Waals surface area (Å²) < 4.78 is 41.3. The molecule has 3 rings (SSSR count). The van der Waals surface area contributed by atoms with Crippen molar-refractivity contribution in [3.8, 4) is 17.2 Å². The van der Waals surface area contributed by atoms with Crippen LogP contribution in [0.2, 0.25) is 0 Å². The largest absolute Gasteiger partial charge is 0.497 e. The minimum atomic E-state index is -4.06. The zero-order chi connectivity index (χ0) is 18.9. The van der Waals surface area contributed by atoms with E-state index in [1.165, 1.54) is 51.8 Å². The summed E-state index contributed by atoms with van der Waals surface area (Å²) in [5.74, 6) is 1.11. The van der Waals surface area contributed by atoms with Gasteiger partial charge in [-0.2, -0.15) is 0 Å². The number of rotatable bonds is 5. The van der Waals surface area contributed by atoms with Gasteiger partial charge in [-0.3, -0.25) is 4.79 Å². The summed E-state index contributed by atoms with van der Waals surface area (Å²) in [5.41, 5.74) is -0.0884. The summed E-state index contributed by atoms with van der Waals surface area (Å²) in [6.45, 7) is 0. The van der Waals surface area contributed by atoms with E-state index in [4.69, 9.17) is 14.2 Å². The Bertz CT molecular complexity index is 1130. The Morgan fingerprint density at radius 3 is 2.27 bits per heavy atom. The molecule has 0 fully saturated rings. The van der Waals surface area contributed by atoms with Crippen molar-refractivity contribution in [1.29, 1.82) is 0 Å². The second kappa shape index (κ2) is 6.72. The Balaban J connectivity index is 2.22. The number of nitrogens with one attached hydrogen (secondary N) is 1. The molecule has 0 bridgehead atoms. The predicted octanol–water partition coefficient (Wildman–Crippen LogP) is 2.39. The van der Waals surface area contributed by atoms with Gasteiger partial charge in [0.2, 0.25) is 15.3 Å². The van der Waals surface area contributed by atoms with E-state index in [-0.39, 0.29) is 20.9 Å². The highest BCUT2D eigenvalue weighted by Crippen LogP contribution is 2.31. The van der Waals surface area contributed by atoms with Crippen molar-refractivity contribution >= 4 is 20.7 Å². The van der Waals surface area contributed by atoms with Gasteiger partial charge in [-0.1, -0.05) is 0 Å². The van der Waals surface area contributed by atoms with Crippen molar-refractivity contribution in [2.24, 2.45) is 0 Å². The average molecular weight is 375 g/mol. The van der Waals surface area contributed by atoms with Gasteiger partial charge in [-0.15, -0.1) is 0 Å². The zero-order valence-corrected chi connectivity index (χ0v) is 15.2. The fourth-order valence-electron chi connectivity index (χ4n) is 2.62. The zero-order valence-electron chi connectivity index (χ0n) is 14.4. The molecule has 1 aromatic heterocycles. The van der Waals surface area contributed by atoms with Crippen molar-refractivity contribution in [3.05, 3.63) is 52.8 Å². The SMILES string of the molecule is COc1ccc2[nH]cc(S(=O)(=O)c3ccc(OC)c(OC)c3)c(=O)c2c1. The Hall–Kier alpha value is -3.00. The number of ether oxygens (including phenoxy) is 3. The van der Waals surface area contributed by atoms with Gasteiger partial charge in [0.05, 0.1) is 31.6 Å². The molecule has 136 valence electrons. The van der Waals surface area contributed by atoms with Crippen LogP contribution >= 0.6 is 0 Å². The third-order valence-electron chi connectivity index (χ3n) is 4.01. The molecule has 1 N–H and O–H groups in total. The van der Waals surface area contributed by atoms with E-state index in [1.807, 2.05) is 0 Å². The average Bonchev–Trinajstić information content (AvgIpc) is 2.67. The first-order valence-corrected chi connectivity index (χ1v) is 9.07. The number of fused-ring (bicyclic) bond motifs is 1. The molecule has 0 spiro atoms. The summed E-state index contributed by atoms with van der Waals surface area (Å²) in [7, 11) is 0.271. The number of pyridine rings is 1. The summed E-state index contributed by atoms with van der Waals surface area (Å²) in [6.07, 6.45) is 1.20. The summed E-state index contributed by atoms with van der Waals surface area (Å²) in [5, 5.41) is 0.228. The summed E-state index contributed by atoms with van der Waals surface area (Å²) in [6, 6.07) is 9.00. The smallest absolute Gasteiger partial charge is 0.212 e. The van der Waals surface area contributed by atoms with Crippen LogP contribution < -0.4 is 19.6 Å². The van der Waals surface area contributed by atoms with Crippen LogP contribution in [0.4, 0.5) is 0 Å². The molecular formula is C18H17NO6S. The molecule has 3 aromatic rings. The first kappa shape index (κ1) is 17.8. The van der Waals surface area contributed by atoms with E-state index in [2.05, 4.69) is 4.98 Å². The fourth-order valence-corrected chi connectivity index (χ4v) is 3.95. The maximum Gasteiger partial charge on any atom is 0.212 e. The van der Waals surface area contributed by atoms with Gasteiger partial charge >= 0.3 is 0 Å². The van der Waals surface area contributed by atoms with Crippen LogP contribution in [0, 0.1) is 0 Å². The van der Waals surface area contributed by atoms with E-state index in [0.717, 1.165) is 0 Å². The van der Waals surface area contributed by atoms with Gasteiger partial charge in [0.1, 0.15) is 10.6 Å². The highest BCUT2D eigenvalue weighted by atomic mass is 32.2. The second-order valence-corrected chi connectivity index (χ2v) is 7.33. The third-order valence-corrected chi connectivity index (χ3v) is 5.77. The monoisotopic (exact) mass is 375 g/mol. The molecule has 0 amide bonds. The standard InChI is InChI=1S/C18H17NO6S/c1-23-11-4-6-14-13(8-11)18(20)17(10-19-14)26(21,22)12-5-7-15(24-2)16(9-12)25-3/h4-10H,1-3H3,(H,19,20). The molecule has 0 aliphatic rings. The predicted molar refractivity (Wildman–Crippen MR) is 96.1 cm³/mol. The molecule has 7 nitrogen and oxygen atoms in total. The molecule has 0 unspecified atom stereocenters. The molecule has 0 radical (unpaired) electrons. The summed E-state index contributed by atoms with van der Waals surface area (Å²) in [4.78, 5) is 15.2. The van der Waals surface area contributed by atoms with Gasteiger partial charge in [0, 0.05) is 17.8 Å². The number of H-pyrrole nitrogens is 1. The lowest BCUT2D eigenvalue weighted by molar-refractivity contribution is 0.354. The molecule has 1 heterocycles. The molecule has 0 aliphatic heterocycles. The molecule has 0 saturated carbocycles. The summed E-state index contributed by atoms with van der Waals surface area (Å²) >= 11 is 0. The van der Waals surface area contributed by atoms with Crippen LogP contribution in [0.15, 0.2) is 57.2 Å². The topological polar surface area (TPSA) is 94.7 Å². The van der Waals surface area contributed by atoms with E-state index in [9.17, 15) is 13.2 Å². The molecule has 0 aliphatic carbocycles. The van der Waals surface area contributed by atoms with Gasteiger partial charge < -0.3 is 19.2 Å². The number of benzene rings is 2. The Labute approximate surface area is 150 Å². The highest BCUT2D eigenvalue weighted by Gasteiger charge is 2.24. The van der Waals surface area contributed by atoms with E-state index < -0.39 is 15.3 Å². The van der Waals surface area contributed by atoms with E-state index in [1.54, 1.807) is 12.1 Å². The number of sulfone groups is 1. The number of hydrogen-bond donors (Lipinski definition) is 1. The van der Waals surface area contributed by atoms with Gasteiger partial charge in [-0.05, 0) is 30.3 Å². The molecular weight excluding hydrogens is 358 g/mol. The molecule has 2 aromatic carbocycles. The van der Waals surface area contributed by atoms with Crippen LogP contribution in [0.25, 0.3) is 10.9 Å². The third kappa shape index (κ3) is 2.88. The minimum absolute atomic E-state index is 0.0668.